The number of anilines is 1. The Kier molecular flexibility index (Phi) is 3.85. The second-order valence-corrected chi connectivity index (χ2v) is 4.04. The quantitative estimate of drug-likeness (QED) is 0.256. The van der Waals surface area contributed by atoms with E-state index >= 15 is 0 Å². The molecule has 2 aromatic carbocycles. The van der Waals surface area contributed by atoms with Gasteiger partial charge in [0.2, 0.25) is 0 Å². The first-order chi connectivity index (χ1) is 9.54. The molecule has 6 heteroatoms. The first-order valence-corrected chi connectivity index (χ1v) is 5.82. The normalized spacial score (nSPS) is 9.80. The maximum atomic E-state index is 11.9. The lowest BCUT2D eigenvalue weighted by Gasteiger charge is -2.04. The predicted octanol–water partition coefficient (Wildman–Crippen LogP) is 1.39. The minimum absolute atomic E-state index is 0.0396. The standard InChI is InChI=1S/C14H14N4O2/c15-10-3-7-12(8-4-10)20-13(19)9-1-5-11(6-2-9)18-14(16)17/h1-8H,15H2,(H4,16,17,18). The molecule has 0 spiro atoms. The fourth-order valence-corrected chi connectivity index (χ4v) is 1.52. The van der Waals surface area contributed by atoms with E-state index in [1.165, 1.54) is 0 Å². The Labute approximate surface area is 115 Å². The molecule has 0 aromatic heterocycles. The number of hydrogen-bond acceptors (Lipinski definition) is 4. The molecule has 0 atom stereocenters. The molecular formula is C14H14N4O2. The summed E-state index contributed by atoms with van der Waals surface area (Å²) in [5, 5.41) is 0. The van der Waals surface area contributed by atoms with Crippen molar-refractivity contribution in [2.75, 3.05) is 5.73 Å². The number of nitrogen functional groups attached to an aromatic ring is 1. The highest BCUT2D eigenvalue weighted by Gasteiger charge is 2.08. The third kappa shape index (κ3) is 3.49. The molecule has 0 radical (unpaired) electrons. The van der Waals surface area contributed by atoms with Gasteiger partial charge in [-0.3, -0.25) is 0 Å². The van der Waals surface area contributed by atoms with E-state index in [0.717, 1.165) is 0 Å². The van der Waals surface area contributed by atoms with Crippen LogP contribution in [0.3, 0.4) is 0 Å². The molecule has 0 aliphatic carbocycles. The Morgan fingerprint density at radius 1 is 0.950 bits per heavy atom. The Bertz CT molecular complexity index is 629. The summed E-state index contributed by atoms with van der Waals surface area (Å²) in [5.41, 5.74) is 17.6. The fraction of sp³-hybridized carbons (Fsp3) is 0. The molecule has 20 heavy (non-hydrogen) atoms. The number of nitrogens with two attached hydrogens (primary N) is 3. The topological polar surface area (TPSA) is 117 Å². The van der Waals surface area contributed by atoms with Gasteiger partial charge < -0.3 is 21.9 Å². The smallest absolute Gasteiger partial charge is 0.343 e. The monoisotopic (exact) mass is 270 g/mol. The van der Waals surface area contributed by atoms with Crippen molar-refractivity contribution >= 4 is 23.3 Å². The summed E-state index contributed by atoms with van der Waals surface area (Å²) in [4.78, 5) is 15.8. The van der Waals surface area contributed by atoms with Crippen LogP contribution in [0.15, 0.2) is 53.5 Å². The molecule has 102 valence electrons. The van der Waals surface area contributed by atoms with Crippen molar-refractivity contribution in [2.24, 2.45) is 16.5 Å². The third-order valence-corrected chi connectivity index (χ3v) is 2.45. The van der Waals surface area contributed by atoms with Crippen molar-refractivity contribution in [2.45, 2.75) is 0 Å². The second-order valence-electron chi connectivity index (χ2n) is 4.04. The van der Waals surface area contributed by atoms with Crippen LogP contribution in [0.5, 0.6) is 5.75 Å². The van der Waals surface area contributed by atoms with E-state index in [0.29, 0.717) is 22.7 Å². The van der Waals surface area contributed by atoms with Gasteiger partial charge in [-0.2, -0.15) is 0 Å². The molecule has 0 unspecified atom stereocenters. The molecule has 0 saturated carbocycles. The van der Waals surface area contributed by atoms with Crippen molar-refractivity contribution in [3.63, 3.8) is 0 Å². The summed E-state index contributed by atoms with van der Waals surface area (Å²) < 4.78 is 5.20. The number of carbonyl (C=O) groups is 1. The maximum Gasteiger partial charge on any atom is 0.343 e. The first-order valence-electron chi connectivity index (χ1n) is 5.82. The Morgan fingerprint density at radius 3 is 2.10 bits per heavy atom. The van der Waals surface area contributed by atoms with Gasteiger partial charge in [0.25, 0.3) is 0 Å². The van der Waals surface area contributed by atoms with Crippen molar-refractivity contribution < 1.29 is 9.53 Å². The molecule has 0 bridgehead atoms. The predicted molar refractivity (Wildman–Crippen MR) is 77.7 cm³/mol. The number of benzene rings is 2. The zero-order valence-corrected chi connectivity index (χ0v) is 10.6. The number of esters is 1. The lowest BCUT2D eigenvalue weighted by Crippen LogP contribution is -2.21. The van der Waals surface area contributed by atoms with Gasteiger partial charge >= 0.3 is 5.97 Å². The molecule has 2 aromatic rings. The van der Waals surface area contributed by atoms with Crippen LogP contribution in [0.4, 0.5) is 11.4 Å². The number of ether oxygens (including phenoxy) is 1. The van der Waals surface area contributed by atoms with Crippen LogP contribution in [0, 0.1) is 0 Å². The Hall–Kier alpha value is -3.02. The van der Waals surface area contributed by atoms with E-state index in [1.54, 1.807) is 48.5 Å². The van der Waals surface area contributed by atoms with Crippen molar-refractivity contribution in [1.29, 1.82) is 0 Å². The van der Waals surface area contributed by atoms with E-state index in [1.807, 2.05) is 0 Å². The fourth-order valence-electron chi connectivity index (χ4n) is 1.52. The molecule has 0 fully saturated rings. The van der Waals surface area contributed by atoms with Crippen LogP contribution in [-0.2, 0) is 0 Å². The van der Waals surface area contributed by atoms with Crippen LogP contribution in [0.1, 0.15) is 10.4 Å². The van der Waals surface area contributed by atoms with Crippen LogP contribution in [0.25, 0.3) is 0 Å². The van der Waals surface area contributed by atoms with Gasteiger partial charge in [-0.15, -0.1) is 0 Å². The van der Waals surface area contributed by atoms with E-state index in [4.69, 9.17) is 21.9 Å². The Balaban J connectivity index is 2.09. The zero-order valence-electron chi connectivity index (χ0n) is 10.6. The van der Waals surface area contributed by atoms with Gasteiger partial charge in [-0.25, -0.2) is 9.79 Å². The molecule has 2 rings (SSSR count). The molecule has 0 amide bonds. The highest BCUT2D eigenvalue weighted by molar-refractivity contribution is 5.91. The van der Waals surface area contributed by atoms with Crippen molar-refractivity contribution in [3.05, 3.63) is 54.1 Å². The Morgan fingerprint density at radius 2 is 1.55 bits per heavy atom. The first kappa shape index (κ1) is 13.4. The molecule has 0 aliphatic rings. The highest BCUT2D eigenvalue weighted by Crippen LogP contribution is 2.17. The molecule has 6 N–H and O–H groups in total. The summed E-state index contributed by atoms with van der Waals surface area (Å²) in [6.45, 7) is 0. The minimum atomic E-state index is -0.467. The molecule has 6 nitrogen and oxygen atoms in total. The van der Waals surface area contributed by atoms with Gasteiger partial charge in [0.1, 0.15) is 5.75 Å². The average molecular weight is 270 g/mol. The number of guanidine groups is 1. The summed E-state index contributed by atoms with van der Waals surface area (Å²) in [6.07, 6.45) is 0. The maximum absolute atomic E-state index is 11.9. The summed E-state index contributed by atoms with van der Waals surface area (Å²) in [7, 11) is 0. The number of carbonyl (C=O) groups excluding carboxylic acids is 1. The zero-order chi connectivity index (χ0) is 14.5. The van der Waals surface area contributed by atoms with Gasteiger partial charge in [0, 0.05) is 5.69 Å². The largest absolute Gasteiger partial charge is 0.423 e. The van der Waals surface area contributed by atoms with E-state index in [2.05, 4.69) is 4.99 Å². The summed E-state index contributed by atoms with van der Waals surface area (Å²) in [5.74, 6) is -0.0780. The number of hydrogen-bond donors (Lipinski definition) is 3. The number of rotatable bonds is 3. The van der Waals surface area contributed by atoms with Crippen LogP contribution < -0.4 is 21.9 Å². The molecule has 0 saturated heterocycles. The van der Waals surface area contributed by atoms with E-state index in [-0.39, 0.29) is 5.96 Å². The van der Waals surface area contributed by atoms with Gasteiger partial charge in [0.05, 0.1) is 11.3 Å². The van der Waals surface area contributed by atoms with Crippen molar-refractivity contribution in [1.82, 2.24) is 0 Å². The van der Waals surface area contributed by atoms with E-state index < -0.39 is 5.97 Å². The average Bonchev–Trinajstić information content (AvgIpc) is 2.41. The summed E-state index contributed by atoms with van der Waals surface area (Å²) >= 11 is 0. The van der Waals surface area contributed by atoms with E-state index in [9.17, 15) is 4.79 Å². The lowest BCUT2D eigenvalue weighted by atomic mass is 10.2. The van der Waals surface area contributed by atoms with Crippen molar-refractivity contribution in [3.8, 4) is 5.75 Å². The van der Waals surface area contributed by atoms with Crippen LogP contribution >= 0.6 is 0 Å². The summed E-state index contributed by atoms with van der Waals surface area (Å²) in [6, 6.07) is 13.0. The number of aliphatic imine (C=N–C) groups is 1. The lowest BCUT2D eigenvalue weighted by molar-refractivity contribution is 0.0735. The highest BCUT2D eigenvalue weighted by atomic mass is 16.5. The molecule has 0 heterocycles. The molecular weight excluding hydrogens is 256 g/mol. The van der Waals surface area contributed by atoms with Gasteiger partial charge in [-0.05, 0) is 48.5 Å². The van der Waals surface area contributed by atoms with Gasteiger partial charge in [0.15, 0.2) is 5.96 Å². The van der Waals surface area contributed by atoms with Crippen LogP contribution in [0.2, 0.25) is 0 Å². The van der Waals surface area contributed by atoms with Crippen LogP contribution in [-0.4, -0.2) is 11.9 Å². The number of nitrogens with zero attached hydrogens (tertiary/aromatic N) is 1. The SMILES string of the molecule is NC(N)=Nc1ccc(C(=O)Oc2ccc(N)cc2)cc1. The van der Waals surface area contributed by atoms with Gasteiger partial charge in [-0.1, -0.05) is 0 Å². The second kappa shape index (κ2) is 5.75. The third-order valence-electron chi connectivity index (χ3n) is 2.45. The molecule has 0 aliphatic heterocycles. The minimum Gasteiger partial charge on any atom is -0.423 e.